The highest BCUT2D eigenvalue weighted by Gasteiger charge is 2.58. The number of urea groups is 1. The molecular formula is C35H33FN4O7. The molecule has 11 nitrogen and oxygen atoms in total. The van der Waals surface area contributed by atoms with E-state index in [1.807, 2.05) is 13.0 Å². The maximum atomic E-state index is 14.4. The Morgan fingerprint density at radius 2 is 1.64 bits per heavy atom. The largest absolute Gasteiger partial charge is 0.490 e. The molecule has 1 aliphatic rings. The van der Waals surface area contributed by atoms with Crippen molar-refractivity contribution in [3.63, 3.8) is 0 Å². The van der Waals surface area contributed by atoms with Gasteiger partial charge in [-0.3, -0.25) is 19.7 Å². The topological polar surface area (TPSA) is 140 Å². The molecule has 1 saturated heterocycles. The lowest BCUT2D eigenvalue weighted by Gasteiger charge is -2.31. The fraction of sp³-hybridized carbons (Fsp3) is 0.229. The van der Waals surface area contributed by atoms with Crippen molar-refractivity contribution in [2.24, 2.45) is 5.92 Å². The monoisotopic (exact) mass is 640 g/mol. The molecule has 4 unspecified atom stereocenters. The Labute approximate surface area is 270 Å². The minimum Gasteiger partial charge on any atom is -0.490 e. The van der Waals surface area contributed by atoms with E-state index in [1.165, 1.54) is 61.6 Å². The summed E-state index contributed by atoms with van der Waals surface area (Å²) in [4.78, 5) is 55.2. The average molecular weight is 641 g/mol. The van der Waals surface area contributed by atoms with E-state index in [1.54, 1.807) is 48.5 Å². The summed E-state index contributed by atoms with van der Waals surface area (Å²) in [5.41, 5.74) is 2.34. The summed E-state index contributed by atoms with van der Waals surface area (Å²) in [6, 6.07) is 22.4. The number of rotatable bonds is 9. The number of carbonyl (C=O) groups excluding carboxylic acids is 3. The maximum Gasteiger partial charge on any atom is 0.323 e. The van der Waals surface area contributed by atoms with Crippen LogP contribution in [-0.4, -0.2) is 48.0 Å². The third-order valence-corrected chi connectivity index (χ3v) is 8.22. The summed E-state index contributed by atoms with van der Waals surface area (Å²) in [7, 11) is 2.50. The number of amides is 3. The lowest BCUT2D eigenvalue weighted by Crippen LogP contribution is -2.49. The van der Waals surface area contributed by atoms with Gasteiger partial charge in [-0.05, 0) is 59.5 Å². The van der Waals surface area contributed by atoms with Crippen LogP contribution in [0.15, 0.2) is 97.1 Å². The molecule has 2 N–H and O–H groups in total. The number of aryl methyl sites for hydroxylation is 1. The van der Waals surface area contributed by atoms with Gasteiger partial charge in [0.05, 0.1) is 31.1 Å². The van der Waals surface area contributed by atoms with Gasteiger partial charge in [0.25, 0.3) is 0 Å². The van der Waals surface area contributed by atoms with E-state index in [2.05, 4.69) is 10.6 Å². The van der Waals surface area contributed by atoms with Crippen LogP contribution in [0.3, 0.4) is 0 Å². The number of halogens is 1. The number of hydrogen-bond donors (Lipinski definition) is 2. The molecule has 47 heavy (non-hydrogen) atoms. The summed E-state index contributed by atoms with van der Waals surface area (Å²) >= 11 is 0. The molecule has 4 atom stereocenters. The van der Waals surface area contributed by atoms with E-state index < -0.39 is 52.6 Å². The predicted molar refractivity (Wildman–Crippen MR) is 171 cm³/mol. The summed E-state index contributed by atoms with van der Waals surface area (Å²) < 4.78 is 24.0. The predicted octanol–water partition coefficient (Wildman–Crippen LogP) is 5.90. The van der Waals surface area contributed by atoms with Crippen molar-refractivity contribution >= 4 is 29.3 Å². The third-order valence-electron chi connectivity index (χ3n) is 8.22. The number of anilines is 1. The number of benzene rings is 4. The molecule has 1 heterocycles. The summed E-state index contributed by atoms with van der Waals surface area (Å²) in [5.74, 6) is -3.87. The molecule has 1 fully saturated rings. The molecule has 12 heteroatoms. The van der Waals surface area contributed by atoms with E-state index in [9.17, 15) is 28.9 Å². The fourth-order valence-electron chi connectivity index (χ4n) is 6.14. The van der Waals surface area contributed by atoms with E-state index in [0.29, 0.717) is 16.8 Å². The number of carbonyl (C=O) groups is 3. The molecule has 4 aromatic carbocycles. The molecule has 0 saturated carbocycles. The van der Waals surface area contributed by atoms with Gasteiger partial charge >= 0.3 is 17.7 Å². The van der Waals surface area contributed by atoms with E-state index in [0.717, 1.165) is 5.56 Å². The highest BCUT2D eigenvalue weighted by Crippen LogP contribution is 2.51. The van der Waals surface area contributed by atoms with Crippen molar-refractivity contribution in [3.05, 3.63) is 135 Å². The van der Waals surface area contributed by atoms with Gasteiger partial charge in [0.2, 0.25) is 5.91 Å². The molecule has 5 rings (SSSR count). The molecule has 3 amide bonds. The van der Waals surface area contributed by atoms with Crippen molar-refractivity contribution in [1.82, 2.24) is 10.2 Å². The van der Waals surface area contributed by atoms with Crippen molar-refractivity contribution in [2.45, 2.75) is 31.5 Å². The lowest BCUT2D eigenvalue weighted by molar-refractivity contribution is -0.385. The van der Waals surface area contributed by atoms with Crippen molar-refractivity contribution in [3.8, 4) is 5.75 Å². The Balaban J connectivity index is 1.69. The molecule has 242 valence electrons. The minimum atomic E-state index is -1.29. The van der Waals surface area contributed by atoms with Crippen LogP contribution in [0.2, 0.25) is 0 Å². The van der Waals surface area contributed by atoms with Crippen LogP contribution in [0.25, 0.3) is 0 Å². The Kier molecular flexibility index (Phi) is 9.79. The molecular weight excluding hydrogens is 607 g/mol. The first kappa shape index (κ1) is 32.6. The van der Waals surface area contributed by atoms with Gasteiger partial charge in [0.15, 0.2) is 5.75 Å². The molecule has 0 bridgehead atoms. The van der Waals surface area contributed by atoms with Crippen molar-refractivity contribution < 1.29 is 33.2 Å². The number of nitro benzene ring substituents is 1. The number of nitrogens with zero attached hydrogens (tertiary/aromatic N) is 2. The maximum absolute atomic E-state index is 14.4. The van der Waals surface area contributed by atoms with Gasteiger partial charge in [0, 0.05) is 24.2 Å². The Hall–Kier alpha value is -5.78. The molecule has 0 aromatic heterocycles. The minimum absolute atomic E-state index is 0.00598. The second-order valence-corrected chi connectivity index (χ2v) is 11.1. The number of ether oxygens (including phenoxy) is 2. The highest BCUT2D eigenvalue weighted by atomic mass is 19.1. The van der Waals surface area contributed by atoms with E-state index in [-0.39, 0.29) is 23.5 Å². The molecule has 1 aliphatic heterocycles. The third kappa shape index (κ3) is 6.91. The van der Waals surface area contributed by atoms with E-state index >= 15 is 0 Å². The van der Waals surface area contributed by atoms with Gasteiger partial charge in [-0.15, -0.1) is 0 Å². The van der Waals surface area contributed by atoms with Crippen LogP contribution in [-0.2, 0) is 20.9 Å². The van der Waals surface area contributed by atoms with Crippen LogP contribution in [0.1, 0.15) is 34.2 Å². The standard InChI is InChI=1S/C35H33FN4O7/c1-21-8-7-11-26(18-21)38-35(43)39-31(24-14-17-28(46-2)27(19-24)40(44)45)30(34(42)47-3)29(23-9-5-4-6-10-23)32(39)33(41)37-20-22-12-15-25(36)16-13-22/h4-19,29-32H,20H2,1-3H3,(H,37,41)(H,38,43). The van der Waals surface area contributed by atoms with Crippen molar-refractivity contribution in [2.75, 3.05) is 19.5 Å². The summed E-state index contributed by atoms with van der Waals surface area (Å²) in [6.45, 7) is 1.86. The van der Waals surface area contributed by atoms with E-state index in [4.69, 9.17) is 9.47 Å². The Morgan fingerprint density at radius 3 is 2.28 bits per heavy atom. The van der Waals surface area contributed by atoms with Gasteiger partial charge in [0.1, 0.15) is 11.9 Å². The van der Waals surface area contributed by atoms with Gasteiger partial charge < -0.3 is 25.0 Å². The molecule has 0 radical (unpaired) electrons. The quantitative estimate of drug-likeness (QED) is 0.132. The lowest BCUT2D eigenvalue weighted by atomic mass is 9.79. The summed E-state index contributed by atoms with van der Waals surface area (Å²) in [5, 5.41) is 17.8. The Bertz CT molecular complexity index is 1780. The fourth-order valence-corrected chi connectivity index (χ4v) is 6.14. The normalized spacial score (nSPS) is 18.7. The van der Waals surface area contributed by atoms with Gasteiger partial charge in [-0.1, -0.05) is 60.7 Å². The van der Waals surface area contributed by atoms with Gasteiger partial charge in [-0.2, -0.15) is 0 Å². The molecule has 0 aliphatic carbocycles. The zero-order valence-corrected chi connectivity index (χ0v) is 25.9. The molecule has 0 spiro atoms. The van der Waals surface area contributed by atoms with Crippen LogP contribution in [0, 0.1) is 28.8 Å². The number of nitro groups is 1. The zero-order chi connectivity index (χ0) is 33.7. The van der Waals surface area contributed by atoms with Gasteiger partial charge in [-0.25, -0.2) is 9.18 Å². The number of esters is 1. The average Bonchev–Trinajstić information content (AvgIpc) is 3.44. The number of hydrogen-bond acceptors (Lipinski definition) is 7. The second kappa shape index (κ2) is 14.1. The molecule has 4 aromatic rings. The SMILES string of the molecule is COC(=O)C1C(c2ccccc2)C(C(=O)NCc2ccc(F)cc2)N(C(=O)Nc2cccc(C)c2)C1c1ccc(OC)c([N+](=O)[O-])c1. The zero-order valence-electron chi connectivity index (χ0n) is 25.9. The number of methoxy groups -OCH3 is 2. The highest BCUT2D eigenvalue weighted by molar-refractivity contribution is 5.97. The van der Waals surface area contributed by atoms with Crippen LogP contribution >= 0.6 is 0 Å². The Morgan fingerprint density at radius 1 is 0.915 bits per heavy atom. The first-order valence-electron chi connectivity index (χ1n) is 14.8. The number of likely N-dealkylation sites (tertiary alicyclic amines) is 1. The number of nitrogens with one attached hydrogen (secondary N) is 2. The van der Waals surface area contributed by atoms with Crippen LogP contribution < -0.4 is 15.4 Å². The van der Waals surface area contributed by atoms with Crippen LogP contribution in [0.5, 0.6) is 5.75 Å². The van der Waals surface area contributed by atoms with Crippen molar-refractivity contribution in [1.29, 1.82) is 0 Å². The first-order valence-corrected chi connectivity index (χ1v) is 14.8. The van der Waals surface area contributed by atoms with Crippen LogP contribution in [0.4, 0.5) is 20.6 Å². The summed E-state index contributed by atoms with van der Waals surface area (Å²) in [6.07, 6.45) is 0. The smallest absolute Gasteiger partial charge is 0.323 e. The first-order chi connectivity index (χ1) is 22.6. The second-order valence-electron chi connectivity index (χ2n) is 11.1.